The second-order valence-electron chi connectivity index (χ2n) is 7.72. The first kappa shape index (κ1) is 25.4. The number of aliphatic hydroxyl groups is 2. The van der Waals surface area contributed by atoms with E-state index >= 15 is 0 Å². The van der Waals surface area contributed by atoms with Crippen molar-refractivity contribution in [2.75, 3.05) is 13.2 Å². The number of nitrogens with zero attached hydrogens (tertiary/aromatic N) is 2. The third-order valence-electron chi connectivity index (χ3n) is 5.31. The molecule has 0 radical (unpaired) electrons. The first-order chi connectivity index (χ1) is 16.0. The van der Waals surface area contributed by atoms with E-state index in [1.165, 1.54) is 31.3 Å². The van der Waals surface area contributed by atoms with Crippen LogP contribution in [0, 0.1) is 17.0 Å². The van der Waals surface area contributed by atoms with Crippen LogP contribution in [0.2, 0.25) is 5.02 Å². The Bertz CT molecular complexity index is 1200. The maximum absolute atomic E-state index is 12.3. The molecule has 0 spiro atoms. The van der Waals surface area contributed by atoms with Crippen molar-refractivity contribution in [2.24, 2.45) is 0 Å². The van der Waals surface area contributed by atoms with E-state index in [1.807, 2.05) is 0 Å². The SMILES string of the molecule is Cc1cn([C@@H]2O[C@H](CO)C(OC(=O)OCC(C)c3cc(Cl)ccc3[N+](=O)[O-])C2O)c(=O)[nH]c1=O. The molecule has 2 heterocycles. The monoisotopic (exact) mass is 499 g/mol. The minimum Gasteiger partial charge on any atom is -0.434 e. The summed E-state index contributed by atoms with van der Waals surface area (Å²) in [5, 5.41) is 31.7. The van der Waals surface area contributed by atoms with Crippen molar-refractivity contribution >= 4 is 23.4 Å². The molecule has 1 aliphatic rings. The number of hydrogen-bond acceptors (Lipinski definition) is 10. The number of benzene rings is 1. The van der Waals surface area contributed by atoms with Crippen molar-refractivity contribution in [2.45, 2.75) is 44.3 Å². The summed E-state index contributed by atoms with van der Waals surface area (Å²) in [6, 6.07) is 4.00. The molecule has 1 aromatic heterocycles. The van der Waals surface area contributed by atoms with E-state index in [0.717, 1.165) is 4.57 Å². The topological polar surface area (TPSA) is 183 Å². The number of aryl methyl sites for hydroxylation is 1. The van der Waals surface area contributed by atoms with Crippen molar-refractivity contribution in [3.05, 3.63) is 71.5 Å². The Morgan fingerprint density at radius 1 is 1.41 bits per heavy atom. The number of aliphatic hydroxyl groups excluding tert-OH is 2. The van der Waals surface area contributed by atoms with Gasteiger partial charge in [0.2, 0.25) is 0 Å². The van der Waals surface area contributed by atoms with Crippen LogP contribution in [-0.2, 0) is 14.2 Å². The van der Waals surface area contributed by atoms with Crippen LogP contribution >= 0.6 is 11.6 Å². The van der Waals surface area contributed by atoms with Crippen LogP contribution in [0.4, 0.5) is 10.5 Å². The van der Waals surface area contributed by atoms with E-state index < -0.39 is 59.4 Å². The highest BCUT2D eigenvalue weighted by molar-refractivity contribution is 6.30. The van der Waals surface area contributed by atoms with E-state index in [0.29, 0.717) is 0 Å². The number of nitrogens with one attached hydrogen (secondary N) is 1. The molecule has 1 aromatic carbocycles. The molecule has 13 nitrogen and oxygen atoms in total. The van der Waals surface area contributed by atoms with E-state index in [2.05, 4.69) is 4.98 Å². The molecule has 3 unspecified atom stereocenters. The zero-order chi connectivity index (χ0) is 25.2. The summed E-state index contributed by atoms with van der Waals surface area (Å²) >= 11 is 5.92. The number of rotatable bonds is 7. The van der Waals surface area contributed by atoms with E-state index in [9.17, 15) is 34.7 Å². The second-order valence-corrected chi connectivity index (χ2v) is 8.16. The van der Waals surface area contributed by atoms with E-state index in [1.54, 1.807) is 6.92 Å². The Kier molecular flexibility index (Phi) is 7.71. The number of aromatic nitrogens is 2. The fraction of sp³-hybridized carbons (Fsp3) is 0.450. The van der Waals surface area contributed by atoms with Gasteiger partial charge in [-0.1, -0.05) is 18.5 Å². The summed E-state index contributed by atoms with van der Waals surface area (Å²) in [5.41, 5.74) is -1.26. The number of nitro benzene ring substituents is 1. The van der Waals surface area contributed by atoms with Crippen molar-refractivity contribution in [1.29, 1.82) is 0 Å². The first-order valence-electron chi connectivity index (χ1n) is 10.1. The lowest BCUT2D eigenvalue weighted by molar-refractivity contribution is -0.385. The van der Waals surface area contributed by atoms with Gasteiger partial charge in [-0.15, -0.1) is 0 Å². The summed E-state index contributed by atoms with van der Waals surface area (Å²) < 4.78 is 16.5. The Hall–Kier alpha value is -3.26. The lowest BCUT2D eigenvalue weighted by atomic mass is 10.0. The Labute approximate surface area is 196 Å². The van der Waals surface area contributed by atoms with E-state index in [-0.39, 0.29) is 28.4 Å². The van der Waals surface area contributed by atoms with Gasteiger partial charge in [0.1, 0.15) is 18.8 Å². The molecule has 14 heteroatoms. The molecular weight excluding hydrogens is 478 g/mol. The Morgan fingerprint density at radius 2 is 2.12 bits per heavy atom. The number of nitro groups is 1. The van der Waals surface area contributed by atoms with Gasteiger partial charge < -0.3 is 24.4 Å². The molecule has 0 amide bonds. The largest absolute Gasteiger partial charge is 0.508 e. The van der Waals surface area contributed by atoms with Gasteiger partial charge in [-0.05, 0) is 19.1 Å². The summed E-state index contributed by atoms with van der Waals surface area (Å²) in [4.78, 5) is 48.7. The fourth-order valence-corrected chi connectivity index (χ4v) is 3.71. The van der Waals surface area contributed by atoms with Gasteiger partial charge in [0.15, 0.2) is 12.3 Å². The van der Waals surface area contributed by atoms with Gasteiger partial charge in [-0.2, -0.15) is 0 Å². The van der Waals surface area contributed by atoms with Gasteiger partial charge in [0.25, 0.3) is 11.2 Å². The van der Waals surface area contributed by atoms with Gasteiger partial charge >= 0.3 is 11.8 Å². The standard InChI is InChI=1S/C20H22ClN3O10/c1-9-6-23(19(28)22-17(9)27)18-15(26)16(14(7-25)33-18)34-20(29)32-8-10(2)12-5-11(21)3-4-13(12)24(30)31/h3-6,10,14-16,18,25-26H,7-8H2,1-2H3,(H,22,27,28)/t10?,14-,15?,16?,18-/m1/s1. The third-order valence-corrected chi connectivity index (χ3v) is 5.55. The maximum atomic E-state index is 12.3. The summed E-state index contributed by atoms with van der Waals surface area (Å²) in [7, 11) is 0. The first-order valence-corrected chi connectivity index (χ1v) is 10.4. The molecule has 0 bridgehead atoms. The predicted molar refractivity (Wildman–Crippen MR) is 116 cm³/mol. The number of H-pyrrole nitrogens is 1. The van der Waals surface area contributed by atoms with Crippen LogP contribution in [0.1, 0.15) is 30.2 Å². The second kappa shape index (κ2) is 10.3. The molecule has 184 valence electrons. The zero-order valence-electron chi connectivity index (χ0n) is 18.0. The van der Waals surface area contributed by atoms with Crippen LogP contribution in [-0.4, -0.2) is 62.4 Å². The summed E-state index contributed by atoms with van der Waals surface area (Å²) in [6.07, 6.45) is -5.60. The number of aromatic amines is 1. The molecule has 1 aliphatic heterocycles. The molecule has 0 saturated carbocycles. The van der Waals surface area contributed by atoms with Crippen LogP contribution in [0.25, 0.3) is 0 Å². The minimum absolute atomic E-state index is 0.170. The molecule has 1 saturated heterocycles. The van der Waals surface area contributed by atoms with Crippen LogP contribution < -0.4 is 11.2 Å². The number of carbonyl (C=O) groups excluding carboxylic acids is 1. The van der Waals surface area contributed by atoms with Crippen LogP contribution in [0.5, 0.6) is 0 Å². The summed E-state index contributed by atoms with van der Waals surface area (Å²) in [6.45, 7) is 2.05. The highest BCUT2D eigenvalue weighted by atomic mass is 35.5. The van der Waals surface area contributed by atoms with E-state index in [4.69, 9.17) is 25.8 Å². The summed E-state index contributed by atoms with van der Waals surface area (Å²) in [5.74, 6) is -0.625. The third kappa shape index (κ3) is 5.28. The predicted octanol–water partition coefficient (Wildman–Crippen LogP) is 0.983. The smallest absolute Gasteiger partial charge is 0.434 e. The van der Waals surface area contributed by atoms with Gasteiger partial charge in [0.05, 0.1) is 11.5 Å². The highest BCUT2D eigenvalue weighted by Crippen LogP contribution is 2.32. The number of halogens is 1. The number of ether oxygens (including phenoxy) is 3. The molecule has 5 atom stereocenters. The number of hydrogen-bond donors (Lipinski definition) is 3. The lowest BCUT2D eigenvalue weighted by Crippen LogP contribution is -2.40. The molecule has 34 heavy (non-hydrogen) atoms. The lowest BCUT2D eigenvalue weighted by Gasteiger charge is -2.20. The van der Waals surface area contributed by atoms with Crippen LogP contribution in [0.15, 0.2) is 34.0 Å². The Balaban J connectivity index is 1.69. The van der Waals surface area contributed by atoms with Crippen molar-refractivity contribution in [3.8, 4) is 0 Å². The van der Waals surface area contributed by atoms with Gasteiger partial charge in [-0.3, -0.25) is 24.5 Å². The van der Waals surface area contributed by atoms with Crippen molar-refractivity contribution < 1.29 is 34.1 Å². The molecular formula is C20H22ClN3O10. The Morgan fingerprint density at radius 3 is 2.76 bits per heavy atom. The normalized spacial score (nSPS) is 22.9. The maximum Gasteiger partial charge on any atom is 0.508 e. The quantitative estimate of drug-likeness (QED) is 0.282. The van der Waals surface area contributed by atoms with Gasteiger partial charge in [0, 0.05) is 34.3 Å². The zero-order valence-corrected chi connectivity index (χ0v) is 18.8. The fourth-order valence-electron chi connectivity index (χ4n) is 3.53. The van der Waals surface area contributed by atoms with Crippen LogP contribution in [0.3, 0.4) is 0 Å². The molecule has 1 fully saturated rings. The molecule has 0 aliphatic carbocycles. The average molecular weight is 500 g/mol. The molecule has 2 aromatic rings. The highest BCUT2D eigenvalue weighted by Gasteiger charge is 2.47. The average Bonchev–Trinajstić information content (AvgIpc) is 3.09. The van der Waals surface area contributed by atoms with Gasteiger partial charge in [-0.25, -0.2) is 9.59 Å². The minimum atomic E-state index is -1.58. The van der Waals surface area contributed by atoms with Crippen molar-refractivity contribution in [3.63, 3.8) is 0 Å². The molecule has 3 rings (SSSR count). The van der Waals surface area contributed by atoms with Crippen molar-refractivity contribution in [1.82, 2.24) is 9.55 Å². The molecule has 3 N–H and O–H groups in total. The number of carbonyl (C=O) groups is 1.